The van der Waals surface area contributed by atoms with E-state index in [1.54, 1.807) is 35.3 Å². The van der Waals surface area contributed by atoms with Crippen molar-refractivity contribution in [1.29, 1.82) is 0 Å². The van der Waals surface area contributed by atoms with Crippen molar-refractivity contribution in [3.63, 3.8) is 0 Å². The first-order chi connectivity index (χ1) is 7.07. The summed E-state index contributed by atoms with van der Waals surface area (Å²) in [5.74, 6) is 4.00. The second-order valence-electron chi connectivity index (χ2n) is 3.73. The van der Waals surface area contributed by atoms with Crippen LogP contribution < -0.4 is 0 Å². The maximum Gasteiger partial charge on any atom is 0.268 e. The molecule has 2 aliphatic rings. The van der Waals surface area contributed by atoms with Crippen LogP contribution in [-0.4, -0.2) is 51.7 Å². The first-order valence-electron chi connectivity index (χ1n) is 4.84. The van der Waals surface area contributed by atoms with Crippen molar-refractivity contribution in [1.82, 2.24) is 0 Å². The monoisotopic (exact) mass is 286 g/mol. The fourth-order valence-corrected chi connectivity index (χ4v) is 6.91. The molecule has 15 heavy (non-hydrogen) atoms. The van der Waals surface area contributed by atoms with Gasteiger partial charge >= 0.3 is 0 Å². The Morgan fingerprint density at radius 2 is 2.00 bits per heavy atom. The molecule has 0 spiro atoms. The van der Waals surface area contributed by atoms with Gasteiger partial charge in [-0.25, -0.2) is 0 Å². The van der Waals surface area contributed by atoms with Crippen LogP contribution in [0.15, 0.2) is 0 Å². The maximum absolute atomic E-state index is 11.3. The summed E-state index contributed by atoms with van der Waals surface area (Å²) in [4.78, 5) is 0. The third-order valence-electron chi connectivity index (χ3n) is 2.54. The molecule has 0 bridgehead atoms. The van der Waals surface area contributed by atoms with Crippen LogP contribution >= 0.6 is 35.3 Å². The highest BCUT2D eigenvalue weighted by Crippen LogP contribution is 2.39. The molecule has 0 aromatic heterocycles. The Morgan fingerprint density at radius 1 is 1.27 bits per heavy atom. The van der Waals surface area contributed by atoms with E-state index in [-0.39, 0.29) is 5.25 Å². The SMILES string of the molecule is O=S(=O)(O)C(CC1CS1)C1CSCCS1. The number of thioether (sulfide) groups is 3. The summed E-state index contributed by atoms with van der Waals surface area (Å²) in [7, 11) is -3.87. The van der Waals surface area contributed by atoms with Crippen molar-refractivity contribution in [2.24, 2.45) is 0 Å². The van der Waals surface area contributed by atoms with Gasteiger partial charge in [-0.15, -0.1) is 0 Å². The number of hydrogen-bond acceptors (Lipinski definition) is 5. The first kappa shape index (κ1) is 12.4. The van der Waals surface area contributed by atoms with E-state index in [9.17, 15) is 13.0 Å². The van der Waals surface area contributed by atoms with Crippen LogP contribution in [-0.2, 0) is 10.1 Å². The molecule has 1 N–H and O–H groups in total. The van der Waals surface area contributed by atoms with Crippen molar-refractivity contribution >= 4 is 45.4 Å². The molecule has 7 heteroatoms. The van der Waals surface area contributed by atoms with E-state index < -0.39 is 15.4 Å². The van der Waals surface area contributed by atoms with Gasteiger partial charge in [-0.05, 0) is 6.42 Å². The topological polar surface area (TPSA) is 54.4 Å². The Hall–Kier alpha value is 0.960. The molecule has 0 aromatic rings. The highest BCUT2D eigenvalue weighted by Gasteiger charge is 2.38. The fourth-order valence-electron chi connectivity index (χ4n) is 1.65. The highest BCUT2D eigenvalue weighted by molar-refractivity contribution is 8.07. The molecule has 2 rings (SSSR count). The Morgan fingerprint density at radius 3 is 2.47 bits per heavy atom. The normalized spacial score (nSPS) is 33.7. The number of rotatable bonds is 4. The van der Waals surface area contributed by atoms with Crippen molar-refractivity contribution in [2.75, 3.05) is 23.0 Å². The molecule has 0 amide bonds. The quantitative estimate of drug-likeness (QED) is 0.626. The molecular weight excluding hydrogens is 272 g/mol. The molecule has 2 heterocycles. The molecule has 0 radical (unpaired) electrons. The maximum atomic E-state index is 11.3. The molecule has 3 unspecified atom stereocenters. The van der Waals surface area contributed by atoms with Crippen molar-refractivity contribution in [3.8, 4) is 0 Å². The van der Waals surface area contributed by atoms with Gasteiger partial charge in [-0.1, -0.05) is 0 Å². The third kappa shape index (κ3) is 3.73. The minimum absolute atomic E-state index is 0.0833. The average Bonchev–Trinajstić information content (AvgIpc) is 2.97. The predicted octanol–water partition coefficient (Wildman–Crippen LogP) is 1.60. The van der Waals surface area contributed by atoms with E-state index in [4.69, 9.17) is 0 Å². The Labute approximate surface area is 103 Å². The highest BCUT2D eigenvalue weighted by atomic mass is 32.2. The van der Waals surface area contributed by atoms with Crippen molar-refractivity contribution in [2.45, 2.75) is 22.2 Å². The fraction of sp³-hybridized carbons (Fsp3) is 1.00. The lowest BCUT2D eigenvalue weighted by Gasteiger charge is -2.27. The van der Waals surface area contributed by atoms with E-state index in [1.807, 2.05) is 0 Å². The van der Waals surface area contributed by atoms with Gasteiger partial charge in [-0.2, -0.15) is 43.7 Å². The lowest BCUT2D eigenvalue weighted by atomic mass is 10.2. The zero-order chi connectivity index (χ0) is 10.9. The second-order valence-corrected chi connectivity index (χ2v) is 9.19. The van der Waals surface area contributed by atoms with Gasteiger partial charge in [-0.3, -0.25) is 4.55 Å². The summed E-state index contributed by atoms with van der Waals surface area (Å²) in [5, 5.41) is -0.000276. The summed E-state index contributed by atoms with van der Waals surface area (Å²) in [6.45, 7) is 0. The van der Waals surface area contributed by atoms with E-state index in [1.165, 1.54) is 0 Å². The van der Waals surface area contributed by atoms with Crippen molar-refractivity contribution in [3.05, 3.63) is 0 Å². The minimum atomic E-state index is -3.87. The predicted molar refractivity (Wildman–Crippen MR) is 69.8 cm³/mol. The van der Waals surface area contributed by atoms with Crippen LogP contribution in [0.3, 0.4) is 0 Å². The summed E-state index contributed by atoms with van der Waals surface area (Å²) in [6.07, 6.45) is 0.627. The van der Waals surface area contributed by atoms with Gasteiger partial charge in [0.15, 0.2) is 0 Å². The molecular formula is C8H14O3S4. The molecule has 0 aromatic carbocycles. The zero-order valence-corrected chi connectivity index (χ0v) is 11.4. The third-order valence-corrected chi connectivity index (χ3v) is 7.91. The molecule has 2 fully saturated rings. The lowest BCUT2D eigenvalue weighted by molar-refractivity contribution is 0.462. The van der Waals surface area contributed by atoms with Crippen LogP contribution in [0.4, 0.5) is 0 Å². The van der Waals surface area contributed by atoms with E-state index >= 15 is 0 Å². The smallest absolute Gasteiger partial charge is 0.268 e. The van der Waals surface area contributed by atoms with Crippen molar-refractivity contribution < 1.29 is 13.0 Å². The molecule has 0 aliphatic carbocycles. The molecule has 88 valence electrons. The average molecular weight is 286 g/mol. The Bertz CT molecular complexity index is 306. The summed E-state index contributed by atoms with van der Waals surface area (Å²) >= 11 is 5.28. The van der Waals surface area contributed by atoms with Crippen LogP contribution in [0.5, 0.6) is 0 Å². The van der Waals surface area contributed by atoms with Crippen LogP contribution in [0.25, 0.3) is 0 Å². The largest absolute Gasteiger partial charge is 0.285 e. The summed E-state index contributed by atoms with van der Waals surface area (Å²) in [5.41, 5.74) is 0. The molecule has 0 saturated carbocycles. The Balaban J connectivity index is 2.02. The lowest BCUT2D eigenvalue weighted by Crippen LogP contribution is -2.36. The van der Waals surface area contributed by atoms with Gasteiger partial charge in [0.25, 0.3) is 10.1 Å². The van der Waals surface area contributed by atoms with Crippen LogP contribution in [0.1, 0.15) is 6.42 Å². The standard InChI is InChI=1S/C8H14O3S4/c9-15(10,11)8(3-6-4-14-6)7-5-12-1-2-13-7/h6-8H,1-5H2,(H,9,10,11). The molecule has 2 saturated heterocycles. The van der Waals surface area contributed by atoms with Gasteiger partial charge in [0, 0.05) is 33.5 Å². The van der Waals surface area contributed by atoms with E-state index in [0.717, 1.165) is 23.0 Å². The van der Waals surface area contributed by atoms with E-state index in [2.05, 4.69) is 0 Å². The van der Waals surface area contributed by atoms with E-state index in [0.29, 0.717) is 11.7 Å². The molecule has 3 atom stereocenters. The van der Waals surface area contributed by atoms with Gasteiger partial charge in [0.05, 0.1) is 0 Å². The first-order valence-corrected chi connectivity index (χ1v) is 9.60. The van der Waals surface area contributed by atoms with Gasteiger partial charge < -0.3 is 0 Å². The number of hydrogen-bond donors (Lipinski definition) is 1. The minimum Gasteiger partial charge on any atom is -0.285 e. The van der Waals surface area contributed by atoms with Gasteiger partial charge in [0.2, 0.25) is 0 Å². The zero-order valence-electron chi connectivity index (χ0n) is 8.16. The Kier molecular flexibility index (Phi) is 4.20. The van der Waals surface area contributed by atoms with Crippen LogP contribution in [0.2, 0.25) is 0 Å². The van der Waals surface area contributed by atoms with Gasteiger partial charge in [0.1, 0.15) is 5.25 Å². The second kappa shape index (κ2) is 5.08. The van der Waals surface area contributed by atoms with Crippen LogP contribution in [0, 0.1) is 0 Å². The summed E-state index contributed by atoms with van der Waals surface area (Å²) < 4.78 is 31.9. The summed E-state index contributed by atoms with van der Waals surface area (Å²) in [6, 6.07) is 0. The molecule has 2 aliphatic heterocycles. The molecule has 3 nitrogen and oxygen atoms in total.